The molecule has 0 fully saturated rings. The second kappa shape index (κ2) is 6.76. The smallest absolute Gasteiger partial charge is 0.133 e. The molecule has 5 heteroatoms. The Labute approximate surface area is 130 Å². The van der Waals surface area contributed by atoms with Gasteiger partial charge in [-0.1, -0.05) is 18.5 Å². The molecule has 0 aliphatic heterocycles. The first-order valence-corrected chi connectivity index (χ1v) is 7.37. The van der Waals surface area contributed by atoms with Gasteiger partial charge in [0, 0.05) is 29.6 Å². The van der Waals surface area contributed by atoms with E-state index in [0.29, 0.717) is 5.02 Å². The van der Waals surface area contributed by atoms with Gasteiger partial charge < -0.3 is 10.1 Å². The van der Waals surface area contributed by atoms with E-state index >= 15 is 0 Å². The summed E-state index contributed by atoms with van der Waals surface area (Å²) in [6.45, 7) is 4.11. The Morgan fingerprint density at radius 1 is 1.29 bits per heavy atom. The summed E-state index contributed by atoms with van der Waals surface area (Å²) in [5.41, 5.74) is 2.73. The highest BCUT2D eigenvalue weighted by atomic mass is 35.5. The topological polar surface area (TPSA) is 47.0 Å². The van der Waals surface area contributed by atoms with Gasteiger partial charge in [-0.25, -0.2) is 9.97 Å². The van der Waals surface area contributed by atoms with E-state index in [1.807, 2.05) is 32.2 Å². The molecule has 2 rings (SSSR count). The molecule has 0 saturated carbocycles. The predicted molar refractivity (Wildman–Crippen MR) is 87.3 cm³/mol. The van der Waals surface area contributed by atoms with Gasteiger partial charge in [-0.05, 0) is 31.5 Å². The van der Waals surface area contributed by atoms with Crippen molar-refractivity contribution in [1.82, 2.24) is 9.97 Å². The number of ether oxygens (including phenoxy) is 1. The predicted octanol–water partition coefficient (Wildman–Crippen LogP) is 4.11. The molecule has 0 spiro atoms. The summed E-state index contributed by atoms with van der Waals surface area (Å²) in [6.07, 6.45) is 1.84. The van der Waals surface area contributed by atoms with Crippen molar-refractivity contribution in [2.75, 3.05) is 19.5 Å². The lowest BCUT2D eigenvalue weighted by Gasteiger charge is -2.14. The monoisotopic (exact) mass is 305 g/mol. The molecular weight excluding hydrogens is 286 g/mol. The van der Waals surface area contributed by atoms with E-state index in [-0.39, 0.29) is 0 Å². The third-order valence-electron chi connectivity index (χ3n) is 3.32. The molecule has 0 amide bonds. The molecule has 112 valence electrons. The number of nitrogens with zero attached hydrogens (tertiary/aromatic N) is 2. The van der Waals surface area contributed by atoms with E-state index < -0.39 is 0 Å². The lowest BCUT2D eigenvalue weighted by atomic mass is 10.1. The van der Waals surface area contributed by atoms with Crippen LogP contribution in [0.3, 0.4) is 0 Å². The van der Waals surface area contributed by atoms with Gasteiger partial charge in [-0.3, -0.25) is 0 Å². The van der Waals surface area contributed by atoms with Crippen LogP contribution < -0.4 is 10.1 Å². The van der Waals surface area contributed by atoms with Gasteiger partial charge in [-0.2, -0.15) is 0 Å². The van der Waals surface area contributed by atoms with Gasteiger partial charge in [-0.15, -0.1) is 0 Å². The van der Waals surface area contributed by atoms with Gasteiger partial charge in [0.25, 0.3) is 0 Å². The Morgan fingerprint density at radius 2 is 2.05 bits per heavy atom. The van der Waals surface area contributed by atoms with Crippen molar-refractivity contribution >= 4 is 17.4 Å². The molecule has 1 aromatic heterocycles. The second-order valence-corrected chi connectivity index (χ2v) is 5.24. The maximum absolute atomic E-state index is 6.14. The van der Waals surface area contributed by atoms with E-state index in [2.05, 4.69) is 17.2 Å². The average Bonchev–Trinajstić information content (AvgIpc) is 2.49. The maximum Gasteiger partial charge on any atom is 0.133 e. The minimum Gasteiger partial charge on any atom is -0.496 e. The number of hydrogen-bond donors (Lipinski definition) is 1. The van der Waals surface area contributed by atoms with Gasteiger partial charge in [0.15, 0.2) is 0 Å². The molecule has 0 aliphatic carbocycles. The second-order valence-electron chi connectivity index (χ2n) is 4.81. The van der Waals surface area contributed by atoms with Crippen LogP contribution >= 0.6 is 11.6 Å². The van der Waals surface area contributed by atoms with Crippen LogP contribution in [0.15, 0.2) is 18.2 Å². The minimum atomic E-state index is 0.659. The standard InChI is InChI=1S/C16H20ClN3O/c1-5-6-14-19-15(10(2)16(18-3)20-14)12-9-11(17)7-8-13(12)21-4/h7-9H,5-6H2,1-4H3,(H,18,19,20). The third kappa shape index (κ3) is 3.27. The zero-order valence-corrected chi connectivity index (χ0v) is 13.6. The van der Waals surface area contributed by atoms with E-state index in [1.165, 1.54) is 0 Å². The number of halogens is 1. The first kappa shape index (κ1) is 15.6. The number of aryl methyl sites for hydroxylation is 1. The Bertz CT molecular complexity index is 644. The zero-order valence-electron chi connectivity index (χ0n) is 12.8. The molecule has 0 bridgehead atoms. The van der Waals surface area contributed by atoms with E-state index in [9.17, 15) is 0 Å². The lowest BCUT2D eigenvalue weighted by Crippen LogP contribution is -2.05. The fourth-order valence-electron chi connectivity index (χ4n) is 2.27. The van der Waals surface area contributed by atoms with E-state index in [1.54, 1.807) is 7.11 Å². The molecule has 0 radical (unpaired) electrons. The summed E-state index contributed by atoms with van der Waals surface area (Å²) in [5.74, 6) is 2.42. The molecule has 2 aromatic rings. The van der Waals surface area contributed by atoms with Gasteiger partial charge in [0.05, 0.1) is 12.8 Å². The molecule has 1 heterocycles. The Morgan fingerprint density at radius 3 is 2.67 bits per heavy atom. The van der Waals surface area contributed by atoms with Gasteiger partial charge in [0.2, 0.25) is 0 Å². The molecule has 4 nitrogen and oxygen atoms in total. The third-order valence-corrected chi connectivity index (χ3v) is 3.55. The Kier molecular flexibility index (Phi) is 5.02. The zero-order chi connectivity index (χ0) is 15.4. The highest BCUT2D eigenvalue weighted by Crippen LogP contribution is 2.35. The number of hydrogen-bond acceptors (Lipinski definition) is 4. The highest BCUT2D eigenvalue weighted by Gasteiger charge is 2.15. The van der Waals surface area contributed by atoms with Gasteiger partial charge >= 0.3 is 0 Å². The fraction of sp³-hybridized carbons (Fsp3) is 0.375. The number of methoxy groups -OCH3 is 1. The quantitative estimate of drug-likeness (QED) is 0.903. The summed E-state index contributed by atoms with van der Waals surface area (Å²) in [7, 11) is 3.51. The molecule has 0 aliphatic rings. The normalized spacial score (nSPS) is 10.5. The van der Waals surface area contributed by atoms with Crippen LogP contribution in [0.5, 0.6) is 5.75 Å². The first-order chi connectivity index (χ1) is 10.1. The number of rotatable bonds is 5. The highest BCUT2D eigenvalue weighted by molar-refractivity contribution is 6.31. The van der Waals surface area contributed by atoms with Crippen molar-refractivity contribution in [2.45, 2.75) is 26.7 Å². The van der Waals surface area contributed by atoms with Crippen LogP contribution in [0.2, 0.25) is 5.02 Å². The summed E-state index contributed by atoms with van der Waals surface area (Å²) < 4.78 is 5.44. The molecule has 21 heavy (non-hydrogen) atoms. The molecule has 0 unspecified atom stereocenters. The molecule has 1 N–H and O–H groups in total. The fourth-order valence-corrected chi connectivity index (χ4v) is 2.44. The summed E-state index contributed by atoms with van der Waals surface area (Å²) in [4.78, 5) is 9.25. The SMILES string of the molecule is CCCc1nc(NC)c(C)c(-c2cc(Cl)ccc2OC)n1. The van der Waals surface area contributed by atoms with E-state index in [4.69, 9.17) is 21.3 Å². The van der Waals surface area contributed by atoms with Crippen LogP contribution in [-0.4, -0.2) is 24.1 Å². The van der Waals surface area contributed by atoms with Crippen molar-refractivity contribution in [1.29, 1.82) is 0 Å². The van der Waals surface area contributed by atoms with E-state index in [0.717, 1.165) is 47.1 Å². The maximum atomic E-state index is 6.14. The number of anilines is 1. The molecule has 0 atom stereocenters. The van der Waals surface area contributed by atoms with Crippen molar-refractivity contribution in [3.63, 3.8) is 0 Å². The number of nitrogens with one attached hydrogen (secondary N) is 1. The van der Waals surface area contributed by atoms with Crippen LogP contribution in [-0.2, 0) is 6.42 Å². The van der Waals surface area contributed by atoms with Crippen molar-refractivity contribution in [3.8, 4) is 17.0 Å². The van der Waals surface area contributed by atoms with Crippen molar-refractivity contribution < 1.29 is 4.74 Å². The number of aromatic nitrogens is 2. The Hall–Kier alpha value is -1.81. The van der Waals surface area contributed by atoms with Crippen molar-refractivity contribution in [3.05, 3.63) is 34.6 Å². The summed E-state index contributed by atoms with van der Waals surface area (Å²) in [6, 6.07) is 5.55. The minimum absolute atomic E-state index is 0.659. The van der Waals surface area contributed by atoms with Crippen LogP contribution in [0.1, 0.15) is 24.7 Å². The molecule has 0 saturated heterocycles. The van der Waals surface area contributed by atoms with Crippen LogP contribution in [0, 0.1) is 6.92 Å². The lowest BCUT2D eigenvalue weighted by molar-refractivity contribution is 0.416. The van der Waals surface area contributed by atoms with Crippen LogP contribution in [0.4, 0.5) is 5.82 Å². The van der Waals surface area contributed by atoms with Gasteiger partial charge in [0.1, 0.15) is 17.4 Å². The number of benzene rings is 1. The Balaban J connectivity index is 2.67. The summed E-state index contributed by atoms with van der Waals surface area (Å²) >= 11 is 6.14. The van der Waals surface area contributed by atoms with Crippen LogP contribution in [0.25, 0.3) is 11.3 Å². The average molecular weight is 306 g/mol. The summed E-state index contributed by atoms with van der Waals surface area (Å²) in [5, 5.41) is 3.79. The first-order valence-electron chi connectivity index (χ1n) is 6.99. The van der Waals surface area contributed by atoms with Crippen molar-refractivity contribution in [2.24, 2.45) is 0 Å². The molecular formula is C16H20ClN3O. The molecule has 1 aromatic carbocycles. The largest absolute Gasteiger partial charge is 0.496 e.